The molecule has 1 N–H and O–H groups in total. The molecule has 0 saturated carbocycles. The smallest absolute Gasteiger partial charge is 0.363 e. The Bertz CT molecular complexity index is 873. The van der Waals surface area contributed by atoms with Crippen molar-refractivity contribution in [3.05, 3.63) is 64.6 Å². The Hall–Kier alpha value is -2.99. The molecule has 0 spiro atoms. The summed E-state index contributed by atoms with van der Waals surface area (Å²) in [5, 5.41) is 3.15. The second kappa shape index (κ2) is 6.64. The van der Waals surface area contributed by atoms with Crippen molar-refractivity contribution in [3.8, 4) is 0 Å². The first-order chi connectivity index (χ1) is 11.5. The van der Waals surface area contributed by atoms with Gasteiger partial charge >= 0.3 is 5.97 Å². The lowest BCUT2D eigenvalue weighted by atomic mass is 10.2. The van der Waals surface area contributed by atoms with E-state index in [4.69, 9.17) is 16.3 Å². The van der Waals surface area contributed by atoms with Crippen molar-refractivity contribution >= 4 is 41.1 Å². The number of hydrogen-bond donors (Lipinski definition) is 1. The fourth-order valence-electron chi connectivity index (χ4n) is 2.06. The van der Waals surface area contributed by atoms with E-state index < -0.39 is 5.97 Å². The number of benzene rings is 1. The lowest BCUT2D eigenvalue weighted by Crippen LogP contribution is -2.07. The molecular weight excluding hydrogens is 330 g/mol. The molecule has 2 aromatic rings. The molecule has 7 heteroatoms. The summed E-state index contributed by atoms with van der Waals surface area (Å²) >= 11 is 5.90. The number of carbonyl (C=O) groups excluding carboxylic acids is 2. The van der Waals surface area contributed by atoms with E-state index in [1.165, 1.54) is 13.1 Å². The van der Waals surface area contributed by atoms with Crippen LogP contribution in [0.5, 0.6) is 0 Å². The Morgan fingerprint density at radius 3 is 2.67 bits per heavy atom. The number of aromatic nitrogens is 1. The van der Waals surface area contributed by atoms with Crippen molar-refractivity contribution in [1.29, 1.82) is 0 Å². The molecule has 0 unspecified atom stereocenters. The largest absolute Gasteiger partial charge is 0.400 e. The predicted octanol–water partition coefficient (Wildman–Crippen LogP) is 3.04. The summed E-state index contributed by atoms with van der Waals surface area (Å²) in [5.41, 5.74) is 1.98. The SMILES string of the molecule is CC(=O)Nc1ccc(/C=C2\N=C(c3cc(Cl)ccn3)OC2=O)cc1. The highest BCUT2D eigenvalue weighted by atomic mass is 35.5. The van der Waals surface area contributed by atoms with Gasteiger partial charge in [0.1, 0.15) is 5.69 Å². The third-order valence-corrected chi connectivity index (χ3v) is 3.33. The molecule has 1 aliphatic rings. The lowest BCUT2D eigenvalue weighted by Gasteiger charge is -2.01. The van der Waals surface area contributed by atoms with E-state index in [0.29, 0.717) is 16.4 Å². The summed E-state index contributed by atoms with van der Waals surface area (Å²) in [6.45, 7) is 1.44. The molecule has 0 bridgehead atoms. The molecule has 0 saturated heterocycles. The Morgan fingerprint density at radius 2 is 2.00 bits per heavy atom. The van der Waals surface area contributed by atoms with E-state index in [2.05, 4.69) is 15.3 Å². The number of amides is 1. The van der Waals surface area contributed by atoms with Crippen LogP contribution >= 0.6 is 11.6 Å². The number of nitrogens with zero attached hydrogens (tertiary/aromatic N) is 2. The van der Waals surface area contributed by atoms with Gasteiger partial charge in [0.05, 0.1) is 0 Å². The number of cyclic esters (lactones) is 1. The minimum absolute atomic E-state index is 0.114. The van der Waals surface area contributed by atoms with Crippen LogP contribution < -0.4 is 5.32 Å². The van der Waals surface area contributed by atoms with E-state index >= 15 is 0 Å². The Morgan fingerprint density at radius 1 is 1.25 bits per heavy atom. The number of anilines is 1. The van der Waals surface area contributed by atoms with Gasteiger partial charge in [-0.05, 0) is 35.9 Å². The second-order valence-corrected chi connectivity index (χ2v) is 5.43. The predicted molar refractivity (Wildman–Crippen MR) is 90.6 cm³/mol. The van der Waals surface area contributed by atoms with Gasteiger partial charge in [-0.1, -0.05) is 23.7 Å². The molecule has 0 radical (unpaired) electrons. The third-order valence-electron chi connectivity index (χ3n) is 3.10. The number of pyridine rings is 1. The topological polar surface area (TPSA) is 80.7 Å². The zero-order valence-corrected chi connectivity index (χ0v) is 13.4. The summed E-state index contributed by atoms with van der Waals surface area (Å²) in [6, 6.07) is 10.2. The van der Waals surface area contributed by atoms with Gasteiger partial charge in [-0.15, -0.1) is 0 Å². The quantitative estimate of drug-likeness (QED) is 0.687. The molecule has 120 valence electrons. The number of hydrogen-bond acceptors (Lipinski definition) is 5. The molecule has 0 fully saturated rings. The highest BCUT2D eigenvalue weighted by Crippen LogP contribution is 2.20. The Balaban J connectivity index is 1.84. The summed E-state index contributed by atoms with van der Waals surface area (Å²) in [4.78, 5) is 31.2. The first-order valence-electron chi connectivity index (χ1n) is 7.03. The molecule has 1 aromatic carbocycles. The normalized spacial score (nSPS) is 15.2. The van der Waals surface area contributed by atoms with Crippen LogP contribution in [0.4, 0.5) is 5.69 Å². The Kier molecular flexibility index (Phi) is 4.39. The summed E-state index contributed by atoms with van der Waals surface area (Å²) in [6.07, 6.45) is 3.11. The van der Waals surface area contributed by atoms with E-state index in [1.807, 2.05) is 0 Å². The van der Waals surface area contributed by atoms with Gasteiger partial charge in [-0.3, -0.25) is 9.78 Å². The maximum absolute atomic E-state index is 11.9. The highest BCUT2D eigenvalue weighted by molar-refractivity contribution is 6.31. The molecule has 1 aromatic heterocycles. The standard InChI is InChI=1S/C17H12ClN3O3/c1-10(22)20-13-4-2-11(3-5-13)8-15-17(23)24-16(21-15)14-9-12(18)6-7-19-14/h2-9H,1H3,(H,20,22)/b15-8-. The second-order valence-electron chi connectivity index (χ2n) is 5.00. The van der Waals surface area contributed by atoms with Crippen molar-refractivity contribution in [2.75, 3.05) is 5.32 Å². The van der Waals surface area contributed by atoms with Gasteiger partial charge < -0.3 is 10.1 Å². The van der Waals surface area contributed by atoms with Crippen LogP contribution in [0.1, 0.15) is 18.2 Å². The van der Waals surface area contributed by atoms with Crippen LogP contribution in [0.2, 0.25) is 5.02 Å². The lowest BCUT2D eigenvalue weighted by molar-refractivity contribution is -0.130. The van der Waals surface area contributed by atoms with E-state index in [1.54, 1.807) is 42.5 Å². The monoisotopic (exact) mass is 341 g/mol. The number of halogens is 1. The molecular formula is C17H12ClN3O3. The van der Waals surface area contributed by atoms with Gasteiger partial charge in [0.15, 0.2) is 5.70 Å². The fraction of sp³-hybridized carbons (Fsp3) is 0.0588. The number of nitrogens with one attached hydrogen (secondary N) is 1. The number of ether oxygens (including phenoxy) is 1. The van der Waals surface area contributed by atoms with E-state index in [-0.39, 0.29) is 17.5 Å². The highest BCUT2D eigenvalue weighted by Gasteiger charge is 2.25. The minimum Gasteiger partial charge on any atom is -0.400 e. The summed E-state index contributed by atoms with van der Waals surface area (Å²) < 4.78 is 5.13. The van der Waals surface area contributed by atoms with Gasteiger partial charge in [-0.2, -0.15) is 0 Å². The van der Waals surface area contributed by atoms with Gasteiger partial charge in [0, 0.05) is 23.8 Å². The molecule has 2 heterocycles. The van der Waals surface area contributed by atoms with Crippen LogP contribution in [0.3, 0.4) is 0 Å². The van der Waals surface area contributed by atoms with Crippen molar-refractivity contribution in [3.63, 3.8) is 0 Å². The number of carbonyl (C=O) groups is 2. The van der Waals surface area contributed by atoms with Gasteiger partial charge in [0.25, 0.3) is 0 Å². The molecule has 24 heavy (non-hydrogen) atoms. The molecule has 3 rings (SSSR count). The van der Waals surface area contributed by atoms with Crippen LogP contribution in [0.15, 0.2) is 53.3 Å². The van der Waals surface area contributed by atoms with Crippen LogP contribution in [0.25, 0.3) is 6.08 Å². The number of esters is 1. The van der Waals surface area contributed by atoms with Crippen molar-refractivity contribution < 1.29 is 14.3 Å². The summed E-state index contributed by atoms with van der Waals surface area (Å²) in [7, 11) is 0. The van der Waals surface area contributed by atoms with Crippen LogP contribution in [0, 0.1) is 0 Å². The average Bonchev–Trinajstić information content (AvgIpc) is 2.90. The van der Waals surface area contributed by atoms with E-state index in [0.717, 1.165) is 5.56 Å². The van der Waals surface area contributed by atoms with Crippen LogP contribution in [-0.2, 0) is 14.3 Å². The molecule has 0 aliphatic carbocycles. The Labute approximate surface area is 142 Å². The van der Waals surface area contributed by atoms with Crippen molar-refractivity contribution in [2.24, 2.45) is 4.99 Å². The third kappa shape index (κ3) is 3.67. The molecule has 1 amide bonds. The molecule has 0 atom stereocenters. The van der Waals surface area contributed by atoms with Crippen molar-refractivity contribution in [2.45, 2.75) is 6.92 Å². The first-order valence-corrected chi connectivity index (χ1v) is 7.41. The van der Waals surface area contributed by atoms with Crippen molar-refractivity contribution in [1.82, 2.24) is 4.98 Å². The first kappa shape index (κ1) is 15.9. The maximum atomic E-state index is 11.9. The zero-order chi connectivity index (χ0) is 17.1. The maximum Gasteiger partial charge on any atom is 0.363 e. The minimum atomic E-state index is -0.558. The molecule has 6 nitrogen and oxygen atoms in total. The fourth-order valence-corrected chi connectivity index (χ4v) is 2.22. The summed E-state index contributed by atoms with van der Waals surface area (Å²) in [5.74, 6) is -0.593. The van der Waals surface area contributed by atoms with Gasteiger partial charge in [-0.25, -0.2) is 9.79 Å². The van der Waals surface area contributed by atoms with E-state index in [9.17, 15) is 9.59 Å². The number of aliphatic imine (C=N–C) groups is 1. The zero-order valence-electron chi connectivity index (χ0n) is 12.6. The number of rotatable bonds is 3. The molecule has 1 aliphatic heterocycles. The van der Waals surface area contributed by atoms with Gasteiger partial charge in [0.2, 0.25) is 11.8 Å². The average molecular weight is 342 g/mol. The van der Waals surface area contributed by atoms with Crippen LogP contribution in [-0.4, -0.2) is 22.8 Å².